The molecular weight excluding hydrogens is 202 g/mol. The lowest BCUT2D eigenvalue weighted by Crippen LogP contribution is -2.36. The Bertz CT molecular complexity index is 265. The molecule has 2 atom stereocenters. The van der Waals surface area contributed by atoms with E-state index in [0.717, 1.165) is 18.6 Å². The number of nitrogens with one attached hydrogen (secondary N) is 1. The van der Waals surface area contributed by atoms with Gasteiger partial charge in [-0.15, -0.1) is 11.8 Å². The number of thioether (sulfide) groups is 1. The van der Waals surface area contributed by atoms with Crippen molar-refractivity contribution in [1.82, 2.24) is 5.32 Å². The van der Waals surface area contributed by atoms with Crippen molar-refractivity contribution in [2.45, 2.75) is 30.6 Å². The number of hydrogen-bond donors (Lipinski definition) is 2. The molecule has 0 aromatic heterocycles. The Hall–Kier alpha value is -0.710. The zero-order chi connectivity index (χ0) is 10.1. The van der Waals surface area contributed by atoms with Crippen LogP contribution >= 0.6 is 11.8 Å². The predicted octanol–water partition coefficient (Wildman–Crippen LogP) is 0.471. The van der Waals surface area contributed by atoms with Gasteiger partial charge in [-0.1, -0.05) is 0 Å². The average molecular weight is 215 g/mol. The van der Waals surface area contributed by atoms with Crippen LogP contribution < -0.4 is 5.32 Å². The second-order valence-corrected chi connectivity index (χ2v) is 5.11. The van der Waals surface area contributed by atoms with E-state index in [1.165, 1.54) is 11.8 Å². The van der Waals surface area contributed by atoms with Gasteiger partial charge in [-0.3, -0.25) is 9.59 Å². The number of amides is 1. The summed E-state index contributed by atoms with van der Waals surface area (Å²) in [5.41, 5.74) is 0. The third-order valence-corrected chi connectivity index (χ3v) is 3.96. The van der Waals surface area contributed by atoms with Gasteiger partial charge >= 0.3 is 5.97 Å². The van der Waals surface area contributed by atoms with Crippen LogP contribution in [0.3, 0.4) is 0 Å². The highest BCUT2D eigenvalue weighted by Crippen LogP contribution is 2.31. The van der Waals surface area contributed by atoms with Crippen molar-refractivity contribution in [2.24, 2.45) is 5.92 Å². The first kappa shape index (κ1) is 9.83. The third kappa shape index (κ3) is 2.20. The van der Waals surface area contributed by atoms with Gasteiger partial charge in [0.05, 0.1) is 0 Å². The molecule has 2 aliphatic rings. The van der Waals surface area contributed by atoms with Gasteiger partial charge in [0.15, 0.2) is 0 Å². The molecule has 1 heterocycles. The van der Waals surface area contributed by atoms with Crippen molar-refractivity contribution in [1.29, 1.82) is 0 Å². The monoisotopic (exact) mass is 215 g/mol. The average Bonchev–Trinajstić information content (AvgIpc) is 2.87. The molecule has 2 fully saturated rings. The standard InChI is InChI=1S/C9H13NO3S/c11-8(5-1-2-5)10-6-3-7(9(12)13)14-4-6/h5-7H,1-4H2,(H,10,11)(H,12,13)/t6-,7-/m0/s1. The Labute approximate surface area is 86.4 Å². The minimum Gasteiger partial charge on any atom is -0.480 e. The minimum absolute atomic E-state index is 0.0641. The van der Waals surface area contributed by atoms with Gasteiger partial charge < -0.3 is 10.4 Å². The summed E-state index contributed by atoms with van der Waals surface area (Å²) in [7, 11) is 0. The van der Waals surface area contributed by atoms with Crippen molar-refractivity contribution >= 4 is 23.6 Å². The second-order valence-electron chi connectivity index (χ2n) is 3.88. The summed E-state index contributed by atoms with van der Waals surface area (Å²) < 4.78 is 0. The lowest BCUT2D eigenvalue weighted by molar-refractivity contribution is -0.136. The Balaban J connectivity index is 1.77. The third-order valence-electron chi connectivity index (χ3n) is 2.57. The fraction of sp³-hybridized carbons (Fsp3) is 0.778. The lowest BCUT2D eigenvalue weighted by atomic mass is 10.2. The van der Waals surface area contributed by atoms with Crippen molar-refractivity contribution in [3.63, 3.8) is 0 Å². The van der Waals surface area contributed by atoms with Crippen LogP contribution in [0.2, 0.25) is 0 Å². The molecule has 0 unspecified atom stereocenters. The normalized spacial score (nSPS) is 31.4. The van der Waals surface area contributed by atoms with Crippen LogP contribution in [-0.2, 0) is 9.59 Å². The molecule has 78 valence electrons. The van der Waals surface area contributed by atoms with Gasteiger partial charge in [-0.2, -0.15) is 0 Å². The molecule has 2 N–H and O–H groups in total. The number of carbonyl (C=O) groups is 2. The van der Waals surface area contributed by atoms with Crippen molar-refractivity contribution in [3.05, 3.63) is 0 Å². The Morgan fingerprint density at radius 3 is 2.57 bits per heavy atom. The minimum atomic E-state index is -0.766. The number of carboxylic acids is 1. The summed E-state index contributed by atoms with van der Waals surface area (Å²) >= 11 is 1.42. The van der Waals surface area contributed by atoms with Gasteiger partial charge in [-0.25, -0.2) is 0 Å². The maximum atomic E-state index is 11.4. The lowest BCUT2D eigenvalue weighted by Gasteiger charge is -2.10. The quantitative estimate of drug-likeness (QED) is 0.718. The Kier molecular flexibility index (Phi) is 2.67. The van der Waals surface area contributed by atoms with Crippen LogP contribution in [0, 0.1) is 5.92 Å². The zero-order valence-electron chi connectivity index (χ0n) is 7.73. The molecule has 1 saturated carbocycles. The van der Waals surface area contributed by atoms with Crippen molar-refractivity contribution in [3.8, 4) is 0 Å². The summed E-state index contributed by atoms with van der Waals surface area (Å²) in [6.07, 6.45) is 2.56. The first-order valence-electron chi connectivity index (χ1n) is 4.81. The van der Waals surface area contributed by atoms with Gasteiger partial charge in [0, 0.05) is 17.7 Å². The molecule has 0 spiro atoms. The first-order chi connectivity index (χ1) is 6.66. The smallest absolute Gasteiger partial charge is 0.316 e. The van der Waals surface area contributed by atoms with Crippen LogP contribution in [0.5, 0.6) is 0 Å². The second kappa shape index (κ2) is 3.81. The van der Waals surface area contributed by atoms with E-state index in [1.807, 2.05) is 0 Å². The summed E-state index contributed by atoms with van der Waals surface area (Å²) in [6, 6.07) is 0.0641. The van der Waals surface area contributed by atoms with E-state index >= 15 is 0 Å². The highest BCUT2D eigenvalue weighted by Gasteiger charge is 2.35. The molecule has 0 radical (unpaired) electrons. The number of aliphatic carboxylic acids is 1. The van der Waals surface area contributed by atoms with Crippen LogP contribution in [0.4, 0.5) is 0 Å². The molecule has 4 nitrogen and oxygen atoms in total. The van der Waals surface area contributed by atoms with Gasteiger partial charge in [0.1, 0.15) is 5.25 Å². The van der Waals surface area contributed by atoms with Gasteiger partial charge in [-0.05, 0) is 19.3 Å². The van der Waals surface area contributed by atoms with E-state index in [2.05, 4.69) is 5.32 Å². The highest BCUT2D eigenvalue weighted by atomic mass is 32.2. The van der Waals surface area contributed by atoms with E-state index in [-0.39, 0.29) is 23.1 Å². The summed E-state index contributed by atoms with van der Waals surface area (Å²) in [5, 5.41) is 11.3. The molecule has 1 aliphatic heterocycles. The highest BCUT2D eigenvalue weighted by molar-refractivity contribution is 8.00. The molecule has 2 rings (SSSR count). The summed E-state index contributed by atoms with van der Waals surface area (Å²) in [6.45, 7) is 0. The topological polar surface area (TPSA) is 66.4 Å². The van der Waals surface area contributed by atoms with Crippen LogP contribution in [-0.4, -0.2) is 34.0 Å². The Morgan fingerprint density at radius 1 is 1.36 bits per heavy atom. The van der Waals surface area contributed by atoms with Crippen molar-refractivity contribution in [2.75, 3.05) is 5.75 Å². The van der Waals surface area contributed by atoms with Gasteiger partial charge in [0.2, 0.25) is 5.91 Å². The van der Waals surface area contributed by atoms with E-state index in [9.17, 15) is 9.59 Å². The first-order valence-corrected chi connectivity index (χ1v) is 5.86. The van der Waals surface area contributed by atoms with E-state index < -0.39 is 5.97 Å². The van der Waals surface area contributed by atoms with E-state index in [1.54, 1.807) is 0 Å². The molecular formula is C9H13NO3S. The predicted molar refractivity (Wildman–Crippen MR) is 53.2 cm³/mol. The fourth-order valence-corrected chi connectivity index (χ4v) is 2.76. The van der Waals surface area contributed by atoms with E-state index in [0.29, 0.717) is 6.42 Å². The number of rotatable bonds is 3. The number of hydrogen-bond acceptors (Lipinski definition) is 3. The summed E-state index contributed by atoms with van der Waals surface area (Å²) in [4.78, 5) is 22.0. The van der Waals surface area contributed by atoms with Crippen molar-refractivity contribution < 1.29 is 14.7 Å². The Morgan fingerprint density at radius 2 is 2.07 bits per heavy atom. The zero-order valence-corrected chi connectivity index (χ0v) is 8.55. The molecule has 0 aromatic carbocycles. The molecule has 1 saturated heterocycles. The molecule has 0 aromatic rings. The molecule has 1 amide bonds. The maximum absolute atomic E-state index is 11.4. The number of carbonyl (C=O) groups excluding carboxylic acids is 1. The number of carboxylic acid groups (broad SMARTS) is 1. The molecule has 1 aliphatic carbocycles. The fourth-order valence-electron chi connectivity index (χ4n) is 1.56. The van der Waals surface area contributed by atoms with E-state index in [4.69, 9.17) is 5.11 Å². The van der Waals surface area contributed by atoms with Crippen LogP contribution in [0.1, 0.15) is 19.3 Å². The maximum Gasteiger partial charge on any atom is 0.316 e. The molecule has 14 heavy (non-hydrogen) atoms. The summed E-state index contributed by atoms with van der Waals surface area (Å²) in [5.74, 6) is 0.291. The van der Waals surface area contributed by atoms with Crippen LogP contribution in [0.15, 0.2) is 0 Å². The largest absolute Gasteiger partial charge is 0.480 e. The SMILES string of the molecule is O=C(N[C@@H]1CS[C@H](C(=O)O)C1)C1CC1. The van der Waals surface area contributed by atoms with Crippen LogP contribution in [0.25, 0.3) is 0 Å². The molecule has 5 heteroatoms. The van der Waals surface area contributed by atoms with Gasteiger partial charge in [0.25, 0.3) is 0 Å². The molecule has 0 bridgehead atoms.